The number of nitrogens with one attached hydrogen (secondary N) is 1. The molecule has 0 aliphatic rings. The summed E-state index contributed by atoms with van der Waals surface area (Å²) in [4.78, 5) is 26.6. The van der Waals surface area contributed by atoms with Gasteiger partial charge in [0.15, 0.2) is 0 Å². The Bertz CT molecular complexity index is 1090. The maximum absolute atomic E-state index is 12.5. The van der Waals surface area contributed by atoms with E-state index in [1.807, 2.05) is 56.6 Å². The van der Waals surface area contributed by atoms with Crippen LogP contribution < -0.4 is 5.32 Å². The van der Waals surface area contributed by atoms with Crippen molar-refractivity contribution in [3.63, 3.8) is 0 Å². The Labute approximate surface area is 191 Å². The van der Waals surface area contributed by atoms with Gasteiger partial charge in [-0.05, 0) is 85.6 Å². The van der Waals surface area contributed by atoms with Crippen molar-refractivity contribution in [1.82, 2.24) is 20.0 Å². The van der Waals surface area contributed by atoms with Crippen molar-refractivity contribution < 1.29 is 9.59 Å². The zero-order chi connectivity index (χ0) is 22.7. The second kappa shape index (κ2) is 9.47. The molecule has 2 amide bonds. The molecule has 0 saturated carbocycles. The lowest BCUT2D eigenvalue weighted by Crippen LogP contribution is -2.32. The molecule has 6 nitrogen and oxygen atoms in total. The molecule has 31 heavy (non-hydrogen) atoms. The third-order valence-corrected chi connectivity index (χ3v) is 6.47. The number of nitrogens with zero attached hydrogens (tertiary/aromatic N) is 3. The predicted molar refractivity (Wildman–Crippen MR) is 126 cm³/mol. The van der Waals surface area contributed by atoms with Crippen LogP contribution in [0, 0.1) is 13.8 Å². The summed E-state index contributed by atoms with van der Waals surface area (Å²) in [6.07, 6.45) is 0. The van der Waals surface area contributed by atoms with Crippen LogP contribution in [0.3, 0.4) is 0 Å². The van der Waals surface area contributed by atoms with E-state index in [1.54, 1.807) is 36.2 Å². The summed E-state index contributed by atoms with van der Waals surface area (Å²) in [5.74, 6) is -0.166. The minimum atomic E-state index is -0.152. The molecular weight excluding hydrogens is 456 g/mol. The fourth-order valence-corrected chi connectivity index (χ4v) is 3.36. The van der Waals surface area contributed by atoms with Gasteiger partial charge in [-0.25, -0.2) is 4.68 Å². The van der Waals surface area contributed by atoms with Gasteiger partial charge in [0.1, 0.15) is 0 Å². The number of rotatable bonds is 6. The van der Waals surface area contributed by atoms with Gasteiger partial charge in [0.25, 0.3) is 11.8 Å². The van der Waals surface area contributed by atoms with Gasteiger partial charge in [0.2, 0.25) is 0 Å². The van der Waals surface area contributed by atoms with E-state index in [9.17, 15) is 9.59 Å². The fourth-order valence-electron chi connectivity index (χ4n) is 3.12. The van der Waals surface area contributed by atoms with Crippen LogP contribution in [0.15, 0.2) is 53.0 Å². The number of halogens is 1. The van der Waals surface area contributed by atoms with Crippen LogP contribution in [-0.4, -0.2) is 39.6 Å². The van der Waals surface area contributed by atoms with Crippen molar-refractivity contribution in [3.8, 4) is 5.69 Å². The molecule has 0 atom stereocenters. The van der Waals surface area contributed by atoms with Gasteiger partial charge >= 0.3 is 0 Å². The number of benzene rings is 2. The maximum Gasteiger partial charge on any atom is 0.253 e. The molecule has 2 aromatic carbocycles. The lowest BCUT2D eigenvalue weighted by Gasteiger charge is -2.21. The van der Waals surface area contributed by atoms with E-state index in [1.165, 1.54) is 0 Å². The minimum absolute atomic E-state index is 0.0136. The molecule has 0 saturated heterocycles. The average Bonchev–Trinajstić information content (AvgIpc) is 3.04. The molecule has 7 heteroatoms. The molecule has 3 aromatic rings. The number of carbonyl (C=O) groups is 2. The first-order valence-electron chi connectivity index (χ1n) is 10.2. The van der Waals surface area contributed by atoms with Crippen LogP contribution in [0.25, 0.3) is 5.69 Å². The summed E-state index contributed by atoms with van der Waals surface area (Å²) in [5, 5.41) is 7.44. The van der Waals surface area contributed by atoms with Gasteiger partial charge in [0.05, 0.1) is 21.5 Å². The second-order valence-corrected chi connectivity index (χ2v) is 8.63. The molecule has 1 heterocycles. The molecule has 0 unspecified atom stereocenters. The lowest BCUT2D eigenvalue weighted by atomic mass is 10.1. The second-order valence-electron chi connectivity index (χ2n) is 7.83. The smallest absolute Gasteiger partial charge is 0.253 e. The van der Waals surface area contributed by atoms with Gasteiger partial charge in [-0.3, -0.25) is 9.59 Å². The summed E-state index contributed by atoms with van der Waals surface area (Å²) < 4.78 is 2.83. The zero-order valence-corrected chi connectivity index (χ0v) is 20.0. The minimum Gasteiger partial charge on any atom is -0.348 e. The number of hydrogen-bond acceptors (Lipinski definition) is 3. The van der Waals surface area contributed by atoms with Gasteiger partial charge in [-0.1, -0.05) is 12.1 Å². The number of aromatic nitrogens is 2. The van der Waals surface area contributed by atoms with Crippen LogP contribution in [-0.2, 0) is 6.54 Å². The van der Waals surface area contributed by atoms with E-state index in [4.69, 9.17) is 0 Å². The van der Waals surface area contributed by atoms with Crippen molar-refractivity contribution in [3.05, 3.63) is 81.1 Å². The Balaban J connectivity index is 1.62. The molecule has 0 aliphatic carbocycles. The zero-order valence-electron chi connectivity index (χ0n) is 18.4. The van der Waals surface area contributed by atoms with E-state index in [2.05, 4.69) is 26.3 Å². The fraction of sp³-hybridized carbons (Fsp3) is 0.292. The van der Waals surface area contributed by atoms with Gasteiger partial charge in [0, 0.05) is 30.8 Å². The van der Waals surface area contributed by atoms with Gasteiger partial charge in [-0.2, -0.15) is 5.10 Å². The third kappa shape index (κ3) is 5.05. The van der Waals surface area contributed by atoms with Crippen LogP contribution in [0.5, 0.6) is 0 Å². The molecule has 0 radical (unpaired) electrons. The quantitative estimate of drug-likeness (QED) is 0.555. The average molecular weight is 483 g/mol. The predicted octanol–water partition coefficient (Wildman–Crippen LogP) is 4.66. The molecule has 0 bridgehead atoms. The van der Waals surface area contributed by atoms with Crippen molar-refractivity contribution in [2.75, 3.05) is 7.05 Å². The lowest BCUT2D eigenvalue weighted by molar-refractivity contribution is 0.0754. The Kier molecular flexibility index (Phi) is 6.95. The monoisotopic (exact) mass is 482 g/mol. The van der Waals surface area contributed by atoms with Crippen molar-refractivity contribution in [1.29, 1.82) is 0 Å². The molecule has 162 valence electrons. The first kappa shape index (κ1) is 22.7. The summed E-state index contributed by atoms with van der Waals surface area (Å²) >= 11 is 3.53. The van der Waals surface area contributed by atoms with Crippen molar-refractivity contribution >= 4 is 27.7 Å². The molecule has 0 aliphatic heterocycles. The molecular formula is C24H27BrN4O2. The Hall–Kier alpha value is -2.93. The summed E-state index contributed by atoms with van der Waals surface area (Å²) in [6.45, 7) is 8.28. The molecule has 0 spiro atoms. The molecule has 3 rings (SSSR count). The van der Waals surface area contributed by atoms with E-state index in [0.29, 0.717) is 17.7 Å². The van der Waals surface area contributed by atoms with Gasteiger partial charge in [-0.15, -0.1) is 0 Å². The summed E-state index contributed by atoms with van der Waals surface area (Å²) in [5.41, 5.74) is 4.97. The normalized spacial score (nSPS) is 10.9. The number of amides is 2. The Morgan fingerprint density at radius 1 is 1.03 bits per heavy atom. The first-order chi connectivity index (χ1) is 14.7. The number of carbonyl (C=O) groups excluding carboxylic acids is 2. The van der Waals surface area contributed by atoms with Crippen LogP contribution in [0.1, 0.15) is 51.5 Å². The highest BCUT2D eigenvalue weighted by atomic mass is 79.9. The largest absolute Gasteiger partial charge is 0.348 e. The van der Waals surface area contributed by atoms with E-state index < -0.39 is 0 Å². The van der Waals surface area contributed by atoms with Crippen molar-refractivity contribution in [2.24, 2.45) is 0 Å². The van der Waals surface area contributed by atoms with Crippen LogP contribution in [0.2, 0.25) is 0 Å². The molecule has 1 aromatic heterocycles. The van der Waals surface area contributed by atoms with Gasteiger partial charge < -0.3 is 10.2 Å². The van der Waals surface area contributed by atoms with E-state index in [-0.39, 0.29) is 17.9 Å². The highest BCUT2D eigenvalue weighted by molar-refractivity contribution is 9.10. The topological polar surface area (TPSA) is 67.2 Å². The van der Waals surface area contributed by atoms with Crippen LogP contribution in [0.4, 0.5) is 0 Å². The Morgan fingerprint density at radius 3 is 2.13 bits per heavy atom. The van der Waals surface area contributed by atoms with E-state index in [0.717, 1.165) is 27.1 Å². The van der Waals surface area contributed by atoms with E-state index >= 15 is 0 Å². The standard InChI is InChI=1S/C24H27BrN4O2/c1-15(2)28(5)24(31)20-8-6-18(7-9-20)14-26-23(30)19-10-12-21(13-11-19)29-17(4)22(25)16(3)27-29/h6-13,15H,14H2,1-5H3,(H,26,30). The first-order valence-corrected chi connectivity index (χ1v) is 10.9. The summed E-state index contributed by atoms with van der Waals surface area (Å²) in [7, 11) is 1.79. The molecule has 1 N–H and O–H groups in total. The van der Waals surface area contributed by atoms with Crippen molar-refractivity contribution in [2.45, 2.75) is 40.3 Å². The number of hydrogen-bond donors (Lipinski definition) is 1. The highest BCUT2D eigenvalue weighted by Gasteiger charge is 2.14. The number of aryl methyl sites for hydroxylation is 1. The summed E-state index contributed by atoms with van der Waals surface area (Å²) in [6, 6.07) is 14.8. The third-order valence-electron chi connectivity index (χ3n) is 5.33. The molecule has 0 fully saturated rings. The SMILES string of the molecule is Cc1nn(-c2ccc(C(=O)NCc3ccc(C(=O)N(C)C(C)C)cc3)cc2)c(C)c1Br. The maximum atomic E-state index is 12.5. The van der Waals surface area contributed by atoms with Crippen LogP contribution >= 0.6 is 15.9 Å². The highest BCUT2D eigenvalue weighted by Crippen LogP contribution is 2.23. The Morgan fingerprint density at radius 2 is 1.61 bits per heavy atom.